The van der Waals surface area contributed by atoms with Crippen molar-refractivity contribution >= 4 is 43.6 Å². The minimum Gasteiger partial charge on any atom is -0.504 e. The van der Waals surface area contributed by atoms with Gasteiger partial charge in [0.1, 0.15) is 5.56 Å². The zero-order chi connectivity index (χ0) is 21.3. The molecule has 154 valence electrons. The largest absolute Gasteiger partial charge is 0.504 e. The number of phenols is 1. The van der Waals surface area contributed by atoms with Gasteiger partial charge in [0.25, 0.3) is 5.91 Å². The van der Waals surface area contributed by atoms with Crippen LogP contribution in [0.3, 0.4) is 0 Å². The number of nitrogens with zero attached hydrogens (tertiary/aromatic N) is 2. The van der Waals surface area contributed by atoms with Crippen LogP contribution in [0, 0.1) is 0 Å². The molecule has 0 aliphatic rings. The maximum absolute atomic E-state index is 12.7. The average Bonchev–Trinajstić information content (AvgIpc) is 3.13. The molecule has 7 nitrogen and oxygen atoms in total. The lowest BCUT2D eigenvalue weighted by Crippen LogP contribution is -2.21. The molecular weight excluding hydrogens is 402 g/mol. The highest BCUT2D eigenvalue weighted by atomic mass is 32.1. The first-order chi connectivity index (χ1) is 14.5. The summed E-state index contributed by atoms with van der Waals surface area (Å²) in [6, 6.07) is 12.1. The number of carbonyl (C=O) groups excluding carboxylic acids is 1. The Morgan fingerprint density at radius 1 is 1.20 bits per heavy atom. The number of benzene rings is 2. The van der Waals surface area contributed by atoms with Crippen LogP contribution in [0.4, 0.5) is 5.13 Å². The fourth-order valence-corrected chi connectivity index (χ4v) is 4.20. The second-order valence-corrected chi connectivity index (χ2v) is 7.91. The van der Waals surface area contributed by atoms with E-state index < -0.39 is 11.5 Å². The molecule has 1 amide bonds. The summed E-state index contributed by atoms with van der Waals surface area (Å²) >= 11 is 1.35. The number of nitrogens with one attached hydrogen (secondary N) is 1. The number of phenolic OH excluding ortho intramolecular Hbond substituents is 1. The van der Waals surface area contributed by atoms with E-state index in [1.807, 2.05) is 12.1 Å². The Hall–Kier alpha value is -3.23. The summed E-state index contributed by atoms with van der Waals surface area (Å²) in [6.45, 7) is 7.07. The predicted octanol–water partition coefficient (Wildman–Crippen LogP) is 4.20. The third-order valence-electron chi connectivity index (χ3n) is 4.96. The zero-order valence-corrected chi connectivity index (χ0v) is 17.5. The normalized spacial score (nSPS) is 11.4. The summed E-state index contributed by atoms with van der Waals surface area (Å²) < 4.78 is 6.09. The van der Waals surface area contributed by atoms with Gasteiger partial charge in [0.2, 0.25) is 0 Å². The van der Waals surface area contributed by atoms with Crippen molar-refractivity contribution in [3.05, 3.63) is 64.0 Å². The lowest BCUT2D eigenvalue weighted by Gasteiger charge is -2.17. The van der Waals surface area contributed by atoms with Crippen LogP contribution in [0.15, 0.2) is 51.7 Å². The zero-order valence-electron chi connectivity index (χ0n) is 16.6. The lowest BCUT2D eigenvalue weighted by atomic mass is 10.1. The molecule has 8 heteroatoms. The van der Waals surface area contributed by atoms with Crippen molar-refractivity contribution in [1.29, 1.82) is 0 Å². The monoisotopic (exact) mass is 423 g/mol. The summed E-state index contributed by atoms with van der Waals surface area (Å²) in [7, 11) is 0. The minimum atomic E-state index is -0.816. The number of hydrogen-bond acceptors (Lipinski definition) is 7. The molecule has 0 radical (unpaired) electrons. The van der Waals surface area contributed by atoms with Gasteiger partial charge in [-0.25, -0.2) is 9.78 Å². The van der Waals surface area contributed by atoms with E-state index in [1.165, 1.54) is 29.0 Å². The maximum atomic E-state index is 12.7. The van der Waals surface area contributed by atoms with Gasteiger partial charge in [-0.05, 0) is 42.9 Å². The number of fused-ring (bicyclic) bond motifs is 2. The molecule has 0 atom stereocenters. The molecule has 0 saturated heterocycles. The molecule has 2 aromatic heterocycles. The average molecular weight is 423 g/mol. The SMILES string of the molecule is CCN(CC)Cc1ccc2nc(NC(=O)c3cc4cccc(O)c4oc3=O)sc2c1. The number of aromatic hydroxyl groups is 1. The van der Waals surface area contributed by atoms with Crippen molar-refractivity contribution in [2.45, 2.75) is 20.4 Å². The highest BCUT2D eigenvalue weighted by molar-refractivity contribution is 7.22. The summed E-state index contributed by atoms with van der Waals surface area (Å²) in [6.07, 6.45) is 0. The molecule has 30 heavy (non-hydrogen) atoms. The predicted molar refractivity (Wildman–Crippen MR) is 118 cm³/mol. The first-order valence-electron chi connectivity index (χ1n) is 9.67. The summed E-state index contributed by atoms with van der Waals surface area (Å²) in [5.74, 6) is -0.750. The van der Waals surface area contributed by atoms with Crippen molar-refractivity contribution in [1.82, 2.24) is 9.88 Å². The van der Waals surface area contributed by atoms with Gasteiger partial charge in [0, 0.05) is 11.9 Å². The number of carbonyl (C=O) groups is 1. The van der Waals surface area contributed by atoms with E-state index in [-0.39, 0.29) is 16.9 Å². The van der Waals surface area contributed by atoms with Gasteiger partial charge in [0.05, 0.1) is 10.2 Å². The molecule has 4 rings (SSSR count). The summed E-state index contributed by atoms with van der Waals surface area (Å²) in [4.78, 5) is 31.7. The Morgan fingerprint density at radius 2 is 2.00 bits per heavy atom. The number of rotatable bonds is 6. The number of amides is 1. The molecular formula is C22H21N3O4S. The molecule has 0 unspecified atom stereocenters. The van der Waals surface area contributed by atoms with Crippen LogP contribution in [0.1, 0.15) is 29.8 Å². The highest BCUT2D eigenvalue weighted by Gasteiger charge is 2.17. The minimum absolute atomic E-state index is 0.0553. The number of para-hydroxylation sites is 1. The van der Waals surface area contributed by atoms with E-state index in [0.717, 1.165) is 29.9 Å². The molecule has 0 bridgehead atoms. The molecule has 2 heterocycles. The number of aromatic nitrogens is 1. The fraction of sp³-hybridized carbons (Fsp3) is 0.227. The van der Waals surface area contributed by atoms with Crippen LogP contribution >= 0.6 is 11.3 Å². The van der Waals surface area contributed by atoms with Crippen molar-refractivity contribution in [2.75, 3.05) is 18.4 Å². The Bertz CT molecular complexity index is 1290. The highest BCUT2D eigenvalue weighted by Crippen LogP contribution is 2.28. The van der Waals surface area contributed by atoms with Crippen molar-refractivity contribution in [3.8, 4) is 5.75 Å². The maximum Gasteiger partial charge on any atom is 0.349 e. The van der Waals surface area contributed by atoms with E-state index in [9.17, 15) is 14.7 Å². The van der Waals surface area contributed by atoms with Crippen LogP contribution in [0.25, 0.3) is 21.2 Å². The van der Waals surface area contributed by atoms with Crippen LogP contribution < -0.4 is 10.9 Å². The Balaban J connectivity index is 1.59. The Morgan fingerprint density at radius 3 is 2.77 bits per heavy atom. The van der Waals surface area contributed by atoms with Gasteiger partial charge in [-0.2, -0.15) is 0 Å². The van der Waals surface area contributed by atoms with Crippen molar-refractivity contribution < 1.29 is 14.3 Å². The van der Waals surface area contributed by atoms with E-state index in [0.29, 0.717) is 10.5 Å². The Kier molecular flexibility index (Phi) is 5.52. The quantitative estimate of drug-likeness (QED) is 0.451. The third-order valence-corrected chi connectivity index (χ3v) is 5.89. The lowest BCUT2D eigenvalue weighted by molar-refractivity contribution is 0.102. The molecule has 4 aromatic rings. The molecule has 0 aliphatic heterocycles. The molecule has 2 aromatic carbocycles. The van der Waals surface area contributed by atoms with Gasteiger partial charge in [-0.1, -0.05) is 43.4 Å². The number of anilines is 1. The second-order valence-electron chi connectivity index (χ2n) is 6.88. The van der Waals surface area contributed by atoms with E-state index >= 15 is 0 Å². The van der Waals surface area contributed by atoms with E-state index in [1.54, 1.807) is 12.1 Å². The Labute approximate surface area is 176 Å². The van der Waals surface area contributed by atoms with Gasteiger partial charge < -0.3 is 9.52 Å². The topological polar surface area (TPSA) is 95.7 Å². The fourth-order valence-electron chi connectivity index (χ4n) is 3.28. The van der Waals surface area contributed by atoms with Crippen molar-refractivity contribution in [2.24, 2.45) is 0 Å². The van der Waals surface area contributed by atoms with E-state index in [2.05, 4.69) is 35.1 Å². The number of thiazole rings is 1. The van der Waals surface area contributed by atoms with Gasteiger partial charge in [0.15, 0.2) is 16.5 Å². The first-order valence-corrected chi connectivity index (χ1v) is 10.5. The smallest absolute Gasteiger partial charge is 0.349 e. The van der Waals surface area contributed by atoms with Crippen LogP contribution in [-0.2, 0) is 6.54 Å². The number of hydrogen-bond donors (Lipinski definition) is 2. The van der Waals surface area contributed by atoms with Crippen LogP contribution in [0.5, 0.6) is 5.75 Å². The van der Waals surface area contributed by atoms with Gasteiger partial charge in [-0.15, -0.1) is 0 Å². The third kappa shape index (κ3) is 3.92. The summed E-state index contributed by atoms with van der Waals surface area (Å²) in [5.41, 5.74) is 1.07. The van der Waals surface area contributed by atoms with E-state index in [4.69, 9.17) is 4.42 Å². The van der Waals surface area contributed by atoms with Crippen LogP contribution in [0.2, 0.25) is 0 Å². The summed E-state index contributed by atoms with van der Waals surface area (Å²) in [5, 5.41) is 13.4. The molecule has 0 saturated carbocycles. The van der Waals surface area contributed by atoms with Gasteiger partial charge in [-0.3, -0.25) is 15.0 Å². The molecule has 0 aliphatic carbocycles. The molecule has 0 fully saturated rings. The van der Waals surface area contributed by atoms with Crippen LogP contribution in [-0.4, -0.2) is 34.0 Å². The molecule has 2 N–H and O–H groups in total. The van der Waals surface area contributed by atoms with Gasteiger partial charge >= 0.3 is 5.63 Å². The standard InChI is InChI=1S/C22H21N3O4S/c1-3-25(4-2)12-13-8-9-16-18(10-13)30-22(23-16)24-20(27)15-11-14-6-5-7-17(26)19(14)29-21(15)28/h5-11,26H,3-4,12H2,1-2H3,(H,23,24,27). The molecule has 0 spiro atoms. The first kappa shape index (κ1) is 20.1. The second kappa shape index (κ2) is 8.25. The van der Waals surface area contributed by atoms with Crippen molar-refractivity contribution in [3.63, 3.8) is 0 Å².